The number of aliphatic hydroxyl groups is 1. The monoisotopic (exact) mass is 216 g/mol. The molecule has 15 heavy (non-hydrogen) atoms. The van der Waals surface area contributed by atoms with Crippen LogP contribution in [0.3, 0.4) is 0 Å². The zero-order chi connectivity index (χ0) is 11.7. The maximum absolute atomic E-state index is 11.0. The van der Waals surface area contributed by atoms with Gasteiger partial charge in [-0.05, 0) is 6.92 Å². The molecule has 0 aliphatic carbocycles. The van der Waals surface area contributed by atoms with Crippen molar-refractivity contribution in [2.75, 3.05) is 19.8 Å². The molecule has 0 rings (SSSR count). The highest BCUT2D eigenvalue weighted by Crippen LogP contribution is 1.97. The maximum atomic E-state index is 11.0. The van der Waals surface area contributed by atoms with E-state index in [1.807, 2.05) is 0 Å². The standard InChI is InChI=1S/C10H16O5/c1-3-4-14-7-9(6-11)15-10(13)5-8(2)12/h3,9,11H,1,4-7H2,2H3. The minimum absolute atomic E-state index is 0.0894. The van der Waals surface area contributed by atoms with Gasteiger partial charge in [0.25, 0.3) is 0 Å². The van der Waals surface area contributed by atoms with Crippen LogP contribution in [0.15, 0.2) is 12.7 Å². The third kappa shape index (κ3) is 7.84. The summed E-state index contributed by atoms with van der Waals surface area (Å²) in [7, 11) is 0. The van der Waals surface area contributed by atoms with Gasteiger partial charge in [-0.2, -0.15) is 0 Å². The SMILES string of the molecule is C=CCOCC(CO)OC(=O)CC(C)=O. The van der Waals surface area contributed by atoms with Gasteiger partial charge in [-0.3, -0.25) is 9.59 Å². The molecule has 1 unspecified atom stereocenters. The Morgan fingerprint density at radius 2 is 2.20 bits per heavy atom. The molecule has 86 valence electrons. The molecule has 0 aliphatic heterocycles. The highest BCUT2D eigenvalue weighted by atomic mass is 16.6. The minimum atomic E-state index is -0.725. The molecule has 0 bridgehead atoms. The lowest BCUT2D eigenvalue weighted by atomic mass is 10.3. The summed E-state index contributed by atoms with van der Waals surface area (Å²) >= 11 is 0. The molecule has 0 fully saturated rings. The minimum Gasteiger partial charge on any atom is -0.457 e. The first-order valence-corrected chi connectivity index (χ1v) is 4.58. The number of Topliss-reactive ketones (excluding diaryl/α,β-unsaturated/α-hetero) is 1. The van der Waals surface area contributed by atoms with E-state index in [-0.39, 0.29) is 25.4 Å². The van der Waals surface area contributed by atoms with E-state index >= 15 is 0 Å². The van der Waals surface area contributed by atoms with Crippen molar-refractivity contribution in [1.29, 1.82) is 0 Å². The van der Waals surface area contributed by atoms with Gasteiger partial charge in [0, 0.05) is 0 Å². The van der Waals surface area contributed by atoms with Crippen molar-refractivity contribution in [3.05, 3.63) is 12.7 Å². The Kier molecular flexibility index (Phi) is 7.49. The zero-order valence-corrected chi connectivity index (χ0v) is 8.77. The third-order valence-electron chi connectivity index (χ3n) is 1.43. The summed E-state index contributed by atoms with van der Waals surface area (Å²) in [6, 6.07) is 0. The molecule has 5 heteroatoms. The van der Waals surface area contributed by atoms with E-state index in [1.165, 1.54) is 6.92 Å². The Morgan fingerprint density at radius 3 is 2.67 bits per heavy atom. The van der Waals surface area contributed by atoms with Crippen LogP contribution in [0.25, 0.3) is 0 Å². The molecule has 0 saturated carbocycles. The van der Waals surface area contributed by atoms with Gasteiger partial charge < -0.3 is 14.6 Å². The molecule has 0 radical (unpaired) electrons. The maximum Gasteiger partial charge on any atom is 0.313 e. The Bertz CT molecular complexity index is 224. The molecule has 0 spiro atoms. The van der Waals surface area contributed by atoms with Gasteiger partial charge in [0.15, 0.2) is 0 Å². The number of ketones is 1. The Balaban J connectivity index is 3.81. The van der Waals surface area contributed by atoms with Crippen LogP contribution in [0.5, 0.6) is 0 Å². The van der Waals surface area contributed by atoms with E-state index in [2.05, 4.69) is 6.58 Å². The van der Waals surface area contributed by atoms with Gasteiger partial charge in [0.05, 0.1) is 19.8 Å². The number of rotatable bonds is 8. The first kappa shape index (κ1) is 13.8. The molecule has 0 saturated heterocycles. The lowest BCUT2D eigenvalue weighted by Gasteiger charge is -2.14. The van der Waals surface area contributed by atoms with Crippen LogP contribution in [-0.2, 0) is 19.1 Å². The number of carbonyl (C=O) groups is 2. The van der Waals surface area contributed by atoms with Crippen LogP contribution in [0.2, 0.25) is 0 Å². The smallest absolute Gasteiger partial charge is 0.313 e. The Hall–Kier alpha value is -1.20. The average molecular weight is 216 g/mol. The van der Waals surface area contributed by atoms with Crippen LogP contribution in [-0.4, -0.2) is 42.8 Å². The summed E-state index contributed by atoms with van der Waals surface area (Å²) in [5.74, 6) is -0.924. The fraction of sp³-hybridized carbons (Fsp3) is 0.600. The summed E-state index contributed by atoms with van der Waals surface area (Å²) in [6.45, 7) is 4.82. The van der Waals surface area contributed by atoms with E-state index in [4.69, 9.17) is 14.6 Å². The van der Waals surface area contributed by atoms with E-state index in [1.54, 1.807) is 6.08 Å². The van der Waals surface area contributed by atoms with Crippen LogP contribution < -0.4 is 0 Å². The summed E-state index contributed by atoms with van der Waals surface area (Å²) in [5.41, 5.74) is 0. The van der Waals surface area contributed by atoms with Crippen molar-refractivity contribution < 1.29 is 24.2 Å². The van der Waals surface area contributed by atoms with E-state index in [9.17, 15) is 9.59 Å². The van der Waals surface area contributed by atoms with Crippen LogP contribution >= 0.6 is 0 Å². The van der Waals surface area contributed by atoms with Crippen LogP contribution in [0.1, 0.15) is 13.3 Å². The third-order valence-corrected chi connectivity index (χ3v) is 1.43. The van der Waals surface area contributed by atoms with Crippen LogP contribution in [0.4, 0.5) is 0 Å². The molecular formula is C10H16O5. The van der Waals surface area contributed by atoms with Crippen molar-refractivity contribution in [2.45, 2.75) is 19.4 Å². The lowest BCUT2D eigenvalue weighted by Crippen LogP contribution is -2.27. The molecule has 5 nitrogen and oxygen atoms in total. The fourth-order valence-electron chi connectivity index (χ4n) is 0.838. The number of hydrogen-bond acceptors (Lipinski definition) is 5. The van der Waals surface area contributed by atoms with Crippen molar-refractivity contribution >= 4 is 11.8 Å². The molecule has 1 N–H and O–H groups in total. The highest BCUT2D eigenvalue weighted by Gasteiger charge is 2.14. The molecule has 0 heterocycles. The zero-order valence-electron chi connectivity index (χ0n) is 8.77. The van der Waals surface area contributed by atoms with Gasteiger partial charge in [0.2, 0.25) is 0 Å². The Labute approximate surface area is 88.7 Å². The second kappa shape index (κ2) is 8.14. The largest absolute Gasteiger partial charge is 0.457 e. The first-order valence-electron chi connectivity index (χ1n) is 4.58. The van der Waals surface area contributed by atoms with Crippen molar-refractivity contribution in [1.82, 2.24) is 0 Å². The number of esters is 1. The molecule has 0 aromatic heterocycles. The molecular weight excluding hydrogens is 200 g/mol. The normalized spacial score (nSPS) is 11.9. The van der Waals surface area contributed by atoms with Crippen molar-refractivity contribution in [2.24, 2.45) is 0 Å². The van der Waals surface area contributed by atoms with Gasteiger partial charge in [-0.1, -0.05) is 6.08 Å². The quantitative estimate of drug-likeness (QED) is 0.269. The first-order chi connectivity index (χ1) is 7.10. The summed E-state index contributed by atoms with van der Waals surface area (Å²) in [4.78, 5) is 21.6. The second-order valence-electron chi connectivity index (χ2n) is 3.00. The summed E-state index contributed by atoms with van der Waals surface area (Å²) in [6.07, 6.45) is 0.542. The number of ether oxygens (including phenoxy) is 2. The van der Waals surface area contributed by atoms with Gasteiger partial charge >= 0.3 is 5.97 Å². The predicted octanol–water partition coefficient (Wildman–Crippen LogP) is 0.0722. The van der Waals surface area contributed by atoms with Crippen LogP contribution in [0, 0.1) is 0 Å². The average Bonchev–Trinajstić information content (AvgIpc) is 2.15. The number of carbonyl (C=O) groups excluding carboxylic acids is 2. The fourth-order valence-corrected chi connectivity index (χ4v) is 0.838. The molecule has 1 atom stereocenters. The molecule has 0 amide bonds. The van der Waals surface area contributed by atoms with E-state index < -0.39 is 12.1 Å². The van der Waals surface area contributed by atoms with E-state index in [0.29, 0.717) is 6.61 Å². The second-order valence-corrected chi connectivity index (χ2v) is 3.00. The van der Waals surface area contributed by atoms with E-state index in [0.717, 1.165) is 0 Å². The van der Waals surface area contributed by atoms with Crippen molar-refractivity contribution in [3.63, 3.8) is 0 Å². The number of hydrogen-bond donors (Lipinski definition) is 1. The van der Waals surface area contributed by atoms with Gasteiger partial charge in [0.1, 0.15) is 18.3 Å². The molecule has 0 aliphatic rings. The van der Waals surface area contributed by atoms with Crippen molar-refractivity contribution in [3.8, 4) is 0 Å². The molecule has 0 aromatic rings. The summed E-state index contributed by atoms with van der Waals surface area (Å²) in [5, 5.41) is 8.84. The van der Waals surface area contributed by atoms with Gasteiger partial charge in [-0.15, -0.1) is 6.58 Å². The topological polar surface area (TPSA) is 72.8 Å². The van der Waals surface area contributed by atoms with Gasteiger partial charge in [-0.25, -0.2) is 0 Å². The lowest BCUT2D eigenvalue weighted by molar-refractivity contribution is -0.155. The summed E-state index contributed by atoms with van der Waals surface area (Å²) < 4.78 is 9.79. The highest BCUT2D eigenvalue weighted by molar-refractivity contribution is 5.94. The predicted molar refractivity (Wildman–Crippen MR) is 53.3 cm³/mol. The molecule has 0 aromatic carbocycles. The Morgan fingerprint density at radius 1 is 1.53 bits per heavy atom. The number of aliphatic hydroxyl groups excluding tert-OH is 1.